The molecule has 0 atom stereocenters. The lowest BCUT2D eigenvalue weighted by molar-refractivity contribution is 1.09. The molecule has 0 unspecified atom stereocenters. The summed E-state index contributed by atoms with van der Waals surface area (Å²) in [6.07, 6.45) is 11.3. The maximum atomic E-state index is 4.51. The zero-order valence-electron chi connectivity index (χ0n) is 12.4. The lowest BCUT2D eigenvalue weighted by Gasteiger charge is -2.04. The first kappa shape index (κ1) is 13.9. The van der Waals surface area contributed by atoms with Crippen LogP contribution in [0.3, 0.4) is 0 Å². The Morgan fingerprint density at radius 1 is 0.542 bits per heavy atom. The number of rotatable bonds is 3. The second-order valence-corrected chi connectivity index (χ2v) is 4.75. The Morgan fingerprint density at radius 3 is 1.79 bits per heavy atom. The first-order valence-electron chi connectivity index (χ1n) is 7.08. The lowest BCUT2D eigenvalue weighted by Crippen LogP contribution is -1.96. The van der Waals surface area contributed by atoms with Crippen molar-refractivity contribution in [2.75, 3.05) is 0 Å². The lowest BCUT2D eigenvalue weighted by atomic mass is 10.2. The van der Waals surface area contributed by atoms with Crippen molar-refractivity contribution in [3.8, 4) is 34.3 Å². The van der Waals surface area contributed by atoms with Gasteiger partial charge in [0.05, 0.1) is 5.69 Å². The fourth-order valence-electron chi connectivity index (χ4n) is 2.08. The van der Waals surface area contributed by atoms with Crippen molar-refractivity contribution < 1.29 is 0 Å². The van der Waals surface area contributed by atoms with Gasteiger partial charge in [-0.1, -0.05) is 0 Å². The van der Waals surface area contributed by atoms with Crippen molar-refractivity contribution in [3.63, 3.8) is 0 Å². The van der Waals surface area contributed by atoms with Crippen molar-refractivity contribution in [2.24, 2.45) is 0 Å². The number of hydrogen-bond acceptors (Lipinski definition) is 8. The molecule has 0 aromatic carbocycles. The van der Waals surface area contributed by atoms with Crippen LogP contribution in [0, 0.1) is 0 Å². The van der Waals surface area contributed by atoms with Crippen LogP contribution < -0.4 is 0 Å². The molecule has 0 amide bonds. The molecule has 8 heteroatoms. The molecule has 0 fully saturated rings. The van der Waals surface area contributed by atoms with E-state index in [9.17, 15) is 0 Å². The average Bonchev–Trinajstić information content (AvgIpc) is 2.70. The highest BCUT2D eigenvalue weighted by Crippen LogP contribution is 2.19. The van der Waals surface area contributed by atoms with Gasteiger partial charge in [-0.25, -0.2) is 39.9 Å². The average molecular weight is 314 g/mol. The molecule has 4 aromatic heterocycles. The van der Waals surface area contributed by atoms with E-state index in [-0.39, 0.29) is 0 Å². The second kappa shape index (κ2) is 6.21. The van der Waals surface area contributed by atoms with E-state index >= 15 is 0 Å². The van der Waals surface area contributed by atoms with Crippen molar-refractivity contribution in [3.05, 3.63) is 61.8 Å². The highest BCUT2D eigenvalue weighted by molar-refractivity contribution is 5.61. The van der Waals surface area contributed by atoms with Crippen molar-refractivity contribution >= 4 is 0 Å². The Kier molecular flexibility index (Phi) is 3.61. The third kappa shape index (κ3) is 2.80. The minimum atomic E-state index is 0.523. The van der Waals surface area contributed by atoms with E-state index in [0.29, 0.717) is 28.7 Å². The second-order valence-electron chi connectivity index (χ2n) is 4.75. The van der Waals surface area contributed by atoms with Gasteiger partial charge in [0, 0.05) is 36.5 Å². The maximum absolute atomic E-state index is 4.51. The van der Waals surface area contributed by atoms with Crippen LogP contribution >= 0.6 is 0 Å². The van der Waals surface area contributed by atoms with E-state index in [0.717, 1.165) is 5.56 Å². The van der Waals surface area contributed by atoms with Crippen LogP contribution in [0.5, 0.6) is 0 Å². The Morgan fingerprint density at radius 2 is 1.17 bits per heavy atom. The van der Waals surface area contributed by atoms with Gasteiger partial charge >= 0.3 is 0 Å². The van der Waals surface area contributed by atoms with Crippen LogP contribution in [0.2, 0.25) is 0 Å². The summed E-state index contributed by atoms with van der Waals surface area (Å²) in [7, 11) is 0. The molecule has 114 valence electrons. The van der Waals surface area contributed by atoms with E-state index in [1.807, 2.05) is 0 Å². The zero-order valence-corrected chi connectivity index (χ0v) is 12.4. The molecule has 0 aliphatic carbocycles. The van der Waals surface area contributed by atoms with Gasteiger partial charge in [0.1, 0.15) is 24.0 Å². The minimum absolute atomic E-state index is 0.523. The van der Waals surface area contributed by atoms with E-state index in [2.05, 4.69) is 39.9 Å². The van der Waals surface area contributed by atoms with Gasteiger partial charge in [-0.05, 0) is 18.2 Å². The topological polar surface area (TPSA) is 103 Å². The number of hydrogen-bond donors (Lipinski definition) is 0. The van der Waals surface area contributed by atoms with Crippen molar-refractivity contribution in [1.29, 1.82) is 0 Å². The van der Waals surface area contributed by atoms with Crippen LogP contribution in [-0.2, 0) is 0 Å². The van der Waals surface area contributed by atoms with E-state index in [1.165, 1.54) is 12.7 Å². The van der Waals surface area contributed by atoms with Crippen molar-refractivity contribution in [2.45, 2.75) is 0 Å². The smallest absolute Gasteiger partial charge is 0.178 e. The molecule has 4 heterocycles. The van der Waals surface area contributed by atoms with Gasteiger partial charge in [-0.3, -0.25) is 0 Å². The molecule has 0 radical (unpaired) electrons. The molecule has 4 aromatic rings. The molecular weight excluding hydrogens is 304 g/mol. The summed E-state index contributed by atoms with van der Waals surface area (Å²) in [5, 5.41) is 0. The Balaban J connectivity index is 1.67. The quantitative estimate of drug-likeness (QED) is 0.564. The molecule has 0 N–H and O–H groups in total. The Labute approximate surface area is 136 Å². The van der Waals surface area contributed by atoms with Crippen LogP contribution in [0.1, 0.15) is 0 Å². The molecule has 0 bridgehead atoms. The normalized spacial score (nSPS) is 10.5. The Bertz CT molecular complexity index is 942. The predicted octanol–water partition coefficient (Wildman–Crippen LogP) is 1.85. The van der Waals surface area contributed by atoms with Crippen LogP contribution in [0.4, 0.5) is 0 Å². The molecular formula is C16H10N8. The van der Waals surface area contributed by atoms with E-state index < -0.39 is 0 Å². The highest BCUT2D eigenvalue weighted by Gasteiger charge is 2.08. The van der Waals surface area contributed by atoms with Crippen LogP contribution in [0.15, 0.2) is 61.8 Å². The van der Waals surface area contributed by atoms with Crippen LogP contribution in [0.25, 0.3) is 34.3 Å². The summed E-state index contributed by atoms with van der Waals surface area (Å²) >= 11 is 0. The van der Waals surface area contributed by atoms with Gasteiger partial charge in [0.25, 0.3) is 0 Å². The SMILES string of the molecule is c1cc(-c2ncc(-c3ccnc(-c4ccncn4)n3)cn2)ncn1. The monoisotopic (exact) mass is 314 g/mol. The van der Waals surface area contributed by atoms with Gasteiger partial charge < -0.3 is 0 Å². The standard InChI is InChI=1S/C16H10N8/c1-4-17-9-22-13(1)15-20-7-11(8-21-15)12-3-6-19-16(24-12)14-2-5-18-10-23-14/h1-10H. The summed E-state index contributed by atoms with van der Waals surface area (Å²) in [6, 6.07) is 5.31. The highest BCUT2D eigenvalue weighted by atomic mass is 14.9. The summed E-state index contributed by atoms with van der Waals surface area (Å²) in [4.78, 5) is 33.5. The van der Waals surface area contributed by atoms with E-state index in [4.69, 9.17) is 0 Å². The van der Waals surface area contributed by atoms with Gasteiger partial charge in [-0.2, -0.15) is 0 Å². The summed E-state index contributed by atoms with van der Waals surface area (Å²) < 4.78 is 0. The molecule has 0 spiro atoms. The molecule has 0 saturated carbocycles. The van der Waals surface area contributed by atoms with Gasteiger partial charge in [-0.15, -0.1) is 0 Å². The van der Waals surface area contributed by atoms with Crippen LogP contribution in [-0.4, -0.2) is 39.9 Å². The Hall–Kier alpha value is -3.68. The first-order chi connectivity index (χ1) is 11.9. The maximum Gasteiger partial charge on any atom is 0.178 e. The molecule has 0 aliphatic rings. The summed E-state index contributed by atoms with van der Waals surface area (Å²) in [5.41, 5.74) is 2.82. The first-order valence-corrected chi connectivity index (χ1v) is 7.08. The predicted molar refractivity (Wildman–Crippen MR) is 85.1 cm³/mol. The van der Waals surface area contributed by atoms with Crippen molar-refractivity contribution in [1.82, 2.24) is 39.9 Å². The summed E-state index contributed by atoms with van der Waals surface area (Å²) in [5.74, 6) is 1.06. The number of aromatic nitrogens is 8. The molecule has 24 heavy (non-hydrogen) atoms. The molecule has 0 saturated heterocycles. The molecule has 0 aliphatic heterocycles. The van der Waals surface area contributed by atoms with E-state index in [1.54, 1.807) is 49.2 Å². The summed E-state index contributed by atoms with van der Waals surface area (Å²) in [6.45, 7) is 0. The molecule has 8 nitrogen and oxygen atoms in total. The molecule has 4 rings (SSSR count). The zero-order chi connectivity index (χ0) is 16.2. The minimum Gasteiger partial charge on any atom is -0.245 e. The fourth-order valence-corrected chi connectivity index (χ4v) is 2.08. The van der Waals surface area contributed by atoms with Gasteiger partial charge in [0.15, 0.2) is 11.6 Å². The largest absolute Gasteiger partial charge is 0.245 e. The fraction of sp³-hybridized carbons (Fsp3) is 0. The van der Waals surface area contributed by atoms with Gasteiger partial charge in [0.2, 0.25) is 0 Å². The number of nitrogens with zero attached hydrogens (tertiary/aromatic N) is 8. The third-order valence-electron chi connectivity index (χ3n) is 3.23. The third-order valence-corrected chi connectivity index (χ3v) is 3.23.